The van der Waals surface area contributed by atoms with E-state index in [2.05, 4.69) is 5.32 Å². The number of primary amides is 1. The maximum absolute atomic E-state index is 13.2. The van der Waals surface area contributed by atoms with Crippen molar-refractivity contribution >= 4 is 23.7 Å². The van der Waals surface area contributed by atoms with Crippen molar-refractivity contribution in [1.82, 2.24) is 10.2 Å². The molecule has 3 rings (SSSR count). The second-order valence-electron chi connectivity index (χ2n) is 9.00. The zero-order chi connectivity index (χ0) is 24.0. The van der Waals surface area contributed by atoms with Crippen LogP contribution in [0.15, 0.2) is 30.3 Å². The van der Waals surface area contributed by atoms with Gasteiger partial charge < -0.3 is 26.4 Å². The van der Waals surface area contributed by atoms with Crippen molar-refractivity contribution in [2.75, 3.05) is 6.54 Å². The second-order valence-corrected chi connectivity index (χ2v) is 9.00. The number of unbranched alkanes of at least 4 members (excludes halogenated alkanes) is 1. The van der Waals surface area contributed by atoms with Crippen molar-refractivity contribution in [2.24, 2.45) is 23.3 Å². The van der Waals surface area contributed by atoms with Crippen LogP contribution in [0.5, 0.6) is 0 Å². The largest absolute Gasteiger partial charge is 0.459 e. The van der Waals surface area contributed by atoms with Crippen LogP contribution in [-0.4, -0.2) is 53.3 Å². The van der Waals surface area contributed by atoms with Gasteiger partial charge in [-0.2, -0.15) is 0 Å². The van der Waals surface area contributed by atoms with Gasteiger partial charge in [0, 0.05) is 13.0 Å². The summed E-state index contributed by atoms with van der Waals surface area (Å²) in [6, 6.07) is 6.83. The minimum atomic E-state index is -1.03. The van der Waals surface area contributed by atoms with Crippen LogP contribution in [0, 0.1) is 11.8 Å². The number of nitrogens with one attached hydrogen (secondary N) is 1. The number of carbonyl (C=O) groups is 4. The van der Waals surface area contributed by atoms with Crippen molar-refractivity contribution in [2.45, 2.75) is 70.2 Å². The molecule has 0 spiro atoms. The molecule has 180 valence electrons. The van der Waals surface area contributed by atoms with Crippen molar-refractivity contribution < 1.29 is 23.9 Å². The lowest BCUT2D eigenvalue weighted by Gasteiger charge is -2.30. The van der Waals surface area contributed by atoms with Crippen LogP contribution >= 0.6 is 0 Å². The van der Waals surface area contributed by atoms with Crippen LogP contribution in [0.25, 0.3) is 0 Å². The van der Waals surface area contributed by atoms with E-state index in [-0.39, 0.29) is 37.2 Å². The van der Waals surface area contributed by atoms with E-state index in [0.717, 1.165) is 24.8 Å². The molecule has 1 aliphatic carbocycles. The zero-order valence-electron chi connectivity index (χ0n) is 19.1. The number of hydrogen-bond donors (Lipinski definition) is 3. The molecule has 0 unspecified atom stereocenters. The highest BCUT2D eigenvalue weighted by atomic mass is 16.5. The highest BCUT2D eigenvalue weighted by molar-refractivity contribution is 5.93. The number of carbonyl (C=O) groups excluding carboxylic acids is 4. The van der Waals surface area contributed by atoms with Gasteiger partial charge in [-0.3, -0.25) is 14.4 Å². The first-order chi connectivity index (χ1) is 15.8. The van der Waals surface area contributed by atoms with Crippen LogP contribution < -0.4 is 16.8 Å². The summed E-state index contributed by atoms with van der Waals surface area (Å²) in [5.41, 5.74) is 12.1. The molecule has 1 aromatic rings. The molecule has 9 heteroatoms. The average Bonchev–Trinajstić information content (AvgIpc) is 3.47. The zero-order valence-corrected chi connectivity index (χ0v) is 19.1. The summed E-state index contributed by atoms with van der Waals surface area (Å²) in [5.74, 6) is -1.50. The second kappa shape index (κ2) is 11.3. The van der Waals surface area contributed by atoms with Crippen LogP contribution in [-0.2, 0) is 30.5 Å². The maximum Gasteiger partial charge on any atom is 0.328 e. The molecule has 2 aliphatic rings. The van der Waals surface area contributed by atoms with Crippen LogP contribution in [0.2, 0.25) is 0 Å². The molecule has 3 amide bonds. The molecule has 2 fully saturated rings. The lowest BCUT2D eigenvalue weighted by atomic mass is 10.1. The monoisotopic (exact) mass is 458 g/mol. The third-order valence-electron chi connectivity index (χ3n) is 6.39. The number of esters is 1. The van der Waals surface area contributed by atoms with Crippen molar-refractivity contribution in [1.29, 1.82) is 0 Å². The first-order valence-electron chi connectivity index (χ1n) is 11.7. The van der Waals surface area contributed by atoms with E-state index < -0.39 is 35.9 Å². The van der Waals surface area contributed by atoms with E-state index in [4.69, 9.17) is 16.2 Å². The lowest BCUT2D eigenvalue weighted by Crippen LogP contribution is -2.55. The van der Waals surface area contributed by atoms with Gasteiger partial charge in [0.2, 0.25) is 17.7 Å². The molecule has 33 heavy (non-hydrogen) atoms. The lowest BCUT2D eigenvalue weighted by molar-refractivity contribution is -0.150. The summed E-state index contributed by atoms with van der Waals surface area (Å²) in [6.07, 6.45) is 3.17. The Hall–Kier alpha value is -2.94. The molecule has 5 N–H and O–H groups in total. The van der Waals surface area contributed by atoms with E-state index in [0.29, 0.717) is 13.0 Å². The van der Waals surface area contributed by atoms with E-state index >= 15 is 0 Å². The summed E-state index contributed by atoms with van der Waals surface area (Å²) in [6.45, 7) is 2.58. The number of likely N-dealkylation sites (tertiary alicyclic amines) is 1. The summed E-state index contributed by atoms with van der Waals surface area (Å²) in [4.78, 5) is 51.7. The predicted molar refractivity (Wildman–Crippen MR) is 121 cm³/mol. The standard InChI is InChI=1S/C24H34N4O5/c1-2-3-9-18(25)23(31)28-13-16-12-17(16)21(28)22(30)27-19(10-11-20(26)29)24(32)33-14-15-7-5-4-6-8-15/h4-8,16-19,21H,2-3,9-14,25H2,1H3,(H2,26,29)(H,27,30)/t16-,17-,18+,19+,21+/m1/s1. The molecular weight excluding hydrogens is 424 g/mol. The smallest absolute Gasteiger partial charge is 0.328 e. The quantitative estimate of drug-likeness (QED) is 0.396. The normalized spacial score (nSPS) is 22.7. The Bertz CT molecular complexity index is 862. The Morgan fingerprint density at radius 1 is 1.18 bits per heavy atom. The Morgan fingerprint density at radius 2 is 1.91 bits per heavy atom. The molecule has 5 atom stereocenters. The highest BCUT2D eigenvalue weighted by Crippen LogP contribution is 2.49. The van der Waals surface area contributed by atoms with Crippen LogP contribution in [0.1, 0.15) is 51.0 Å². The Balaban J connectivity index is 1.65. The fourth-order valence-electron chi connectivity index (χ4n) is 4.41. The average molecular weight is 459 g/mol. The van der Waals surface area contributed by atoms with Crippen molar-refractivity contribution in [3.63, 3.8) is 0 Å². The Labute approximate surface area is 194 Å². The minimum absolute atomic E-state index is 0.0273. The van der Waals surface area contributed by atoms with Crippen molar-refractivity contribution in [3.8, 4) is 0 Å². The van der Waals surface area contributed by atoms with Crippen molar-refractivity contribution in [3.05, 3.63) is 35.9 Å². The summed E-state index contributed by atoms with van der Waals surface area (Å²) >= 11 is 0. The molecule has 1 aromatic carbocycles. The van der Waals surface area contributed by atoms with Gasteiger partial charge in [-0.1, -0.05) is 50.1 Å². The number of benzene rings is 1. The third kappa shape index (κ3) is 6.54. The number of hydrogen-bond acceptors (Lipinski definition) is 6. The first-order valence-corrected chi connectivity index (χ1v) is 11.7. The molecular formula is C24H34N4O5. The predicted octanol–water partition coefficient (Wildman–Crippen LogP) is 0.845. The topological polar surface area (TPSA) is 145 Å². The van der Waals surface area contributed by atoms with E-state index in [1.807, 2.05) is 37.3 Å². The number of piperidine rings is 1. The number of ether oxygens (including phenoxy) is 1. The highest BCUT2D eigenvalue weighted by Gasteiger charge is 2.57. The van der Waals surface area contributed by atoms with E-state index in [1.54, 1.807) is 4.90 Å². The van der Waals surface area contributed by atoms with Crippen LogP contribution in [0.3, 0.4) is 0 Å². The number of nitrogens with two attached hydrogens (primary N) is 2. The molecule has 0 bridgehead atoms. The Kier molecular flexibility index (Phi) is 8.43. The minimum Gasteiger partial charge on any atom is -0.459 e. The fraction of sp³-hybridized carbons (Fsp3) is 0.583. The third-order valence-corrected chi connectivity index (χ3v) is 6.39. The van der Waals surface area contributed by atoms with E-state index in [1.165, 1.54) is 0 Å². The molecule has 1 saturated carbocycles. The molecule has 0 aromatic heterocycles. The summed E-state index contributed by atoms with van der Waals surface area (Å²) < 4.78 is 5.37. The van der Waals surface area contributed by atoms with E-state index in [9.17, 15) is 19.2 Å². The fourth-order valence-corrected chi connectivity index (χ4v) is 4.41. The van der Waals surface area contributed by atoms with Gasteiger partial charge in [0.15, 0.2) is 0 Å². The summed E-state index contributed by atoms with van der Waals surface area (Å²) in [7, 11) is 0. The van der Waals surface area contributed by atoms with Gasteiger partial charge in [0.1, 0.15) is 18.7 Å². The molecule has 9 nitrogen and oxygen atoms in total. The molecule has 0 radical (unpaired) electrons. The first kappa shape index (κ1) is 24.7. The number of amides is 3. The maximum atomic E-state index is 13.2. The van der Waals surface area contributed by atoms with Crippen LogP contribution in [0.4, 0.5) is 0 Å². The number of rotatable bonds is 12. The summed E-state index contributed by atoms with van der Waals surface area (Å²) in [5, 5.41) is 2.72. The molecule has 1 aliphatic heterocycles. The molecule has 1 heterocycles. The van der Waals surface area contributed by atoms with Gasteiger partial charge in [-0.25, -0.2) is 4.79 Å². The van der Waals surface area contributed by atoms with Gasteiger partial charge >= 0.3 is 5.97 Å². The van der Waals surface area contributed by atoms with Gasteiger partial charge in [-0.15, -0.1) is 0 Å². The van der Waals surface area contributed by atoms with Gasteiger partial charge in [0.05, 0.1) is 6.04 Å². The van der Waals surface area contributed by atoms with Gasteiger partial charge in [-0.05, 0) is 36.7 Å². The number of fused-ring (bicyclic) bond motifs is 1. The van der Waals surface area contributed by atoms with Gasteiger partial charge in [0.25, 0.3) is 0 Å². The Morgan fingerprint density at radius 3 is 2.58 bits per heavy atom. The SMILES string of the molecule is CCCC[C@H](N)C(=O)N1C[C@H]2C[C@H]2[C@H]1C(=O)N[C@@H](CCC(N)=O)C(=O)OCc1ccccc1. The number of nitrogens with zero attached hydrogens (tertiary/aromatic N) is 1. The molecule has 1 saturated heterocycles.